The number of hydrogen-bond donors (Lipinski definition) is 1. The van der Waals surface area contributed by atoms with Gasteiger partial charge in [-0.05, 0) is 33.6 Å². The van der Waals surface area contributed by atoms with E-state index < -0.39 is 23.8 Å². The predicted molar refractivity (Wildman–Crippen MR) is 94.9 cm³/mol. The van der Waals surface area contributed by atoms with E-state index in [1.807, 2.05) is 10.8 Å². The van der Waals surface area contributed by atoms with Gasteiger partial charge in [-0.15, -0.1) is 0 Å². The molecular formula is C18H29N3O5. The van der Waals surface area contributed by atoms with Crippen LogP contribution in [0.3, 0.4) is 0 Å². The lowest BCUT2D eigenvalue weighted by molar-refractivity contribution is -0.171. The molecule has 2 atom stereocenters. The lowest BCUT2D eigenvalue weighted by Crippen LogP contribution is -2.38. The van der Waals surface area contributed by atoms with E-state index in [4.69, 9.17) is 14.6 Å². The number of aryl methyl sites for hydroxylation is 1. The normalized spacial score (nSPS) is 18.8. The lowest BCUT2D eigenvalue weighted by atomic mass is 10.1. The second-order valence-corrected chi connectivity index (χ2v) is 7.60. The molecule has 1 saturated heterocycles. The van der Waals surface area contributed by atoms with Crippen LogP contribution < -0.4 is 0 Å². The number of imidazole rings is 1. The van der Waals surface area contributed by atoms with E-state index in [9.17, 15) is 9.59 Å². The zero-order valence-corrected chi connectivity index (χ0v) is 16.0. The van der Waals surface area contributed by atoms with Gasteiger partial charge in [0.1, 0.15) is 5.60 Å². The highest BCUT2D eigenvalue weighted by Crippen LogP contribution is 2.19. The third-order valence-corrected chi connectivity index (χ3v) is 4.00. The van der Waals surface area contributed by atoms with Gasteiger partial charge in [-0.2, -0.15) is 0 Å². The number of hydrogen-bond acceptors (Lipinski definition) is 5. The van der Waals surface area contributed by atoms with Crippen molar-refractivity contribution in [1.82, 2.24) is 14.5 Å². The molecule has 0 aliphatic carbocycles. The van der Waals surface area contributed by atoms with E-state index in [2.05, 4.69) is 11.9 Å². The summed E-state index contributed by atoms with van der Waals surface area (Å²) in [6, 6.07) is 0. The first kappa shape index (κ1) is 20.2. The van der Waals surface area contributed by atoms with Gasteiger partial charge in [-0.25, -0.2) is 14.6 Å². The highest BCUT2D eigenvalue weighted by Gasteiger charge is 2.33. The van der Waals surface area contributed by atoms with Gasteiger partial charge in [-0.3, -0.25) is 0 Å². The quantitative estimate of drug-likeness (QED) is 0.743. The maximum absolute atomic E-state index is 12.6. The van der Waals surface area contributed by atoms with Crippen LogP contribution in [0, 0.1) is 0 Å². The van der Waals surface area contributed by atoms with Crippen molar-refractivity contribution in [2.45, 2.75) is 71.3 Å². The topological polar surface area (TPSA) is 93.9 Å². The first-order chi connectivity index (χ1) is 12.2. The summed E-state index contributed by atoms with van der Waals surface area (Å²) in [5, 5.41) is 9.08. The van der Waals surface area contributed by atoms with Gasteiger partial charge < -0.3 is 24.0 Å². The van der Waals surface area contributed by atoms with Crippen molar-refractivity contribution >= 4 is 12.1 Å². The molecule has 0 radical (unpaired) electrons. The molecule has 1 N–H and O–H groups in total. The second-order valence-electron chi connectivity index (χ2n) is 7.60. The minimum absolute atomic E-state index is 0.263. The Morgan fingerprint density at radius 3 is 2.73 bits per heavy atom. The van der Waals surface area contributed by atoms with Crippen molar-refractivity contribution in [3.8, 4) is 0 Å². The average Bonchev–Trinajstić information content (AvgIpc) is 3.15. The fraction of sp³-hybridized carbons (Fsp3) is 0.722. The summed E-state index contributed by atoms with van der Waals surface area (Å²) in [5.41, 5.74) is 0.130. The summed E-state index contributed by atoms with van der Waals surface area (Å²) in [5.74, 6) is -0.448. The number of carbonyl (C=O) groups excluding carboxylic acids is 1. The van der Waals surface area contributed by atoms with Crippen molar-refractivity contribution in [2.24, 2.45) is 0 Å². The van der Waals surface area contributed by atoms with Gasteiger partial charge >= 0.3 is 12.1 Å². The largest absolute Gasteiger partial charge is 0.465 e. The molecule has 1 amide bonds. The van der Waals surface area contributed by atoms with Gasteiger partial charge in [-0.1, -0.05) is 6.92 Å². The van der Waals surface area contributed by atoms with Crippen molar-refractivity contribution in [2.75, 3.05) is 13.1 Å². The van der Waals surface area contributed by atoms with Crippen LogP contribution in [-0.2, 0) is 27.2 Å². The van der Waals surface area contributed by atoms with Crippen LogP contribution in [0.15, 0.2) is 12.5 Å². The number of ether oxygens (including phenoxy) is 2. The number of carbonyl (C=O) groups is 2. The van der Waals surface area contributed by atoms with Crippen LogP contribution in [0.1, 0.15) is 46.2 Å². The van der Waals surface area contributed by atoms with E-state index in [1.54, 1.807) is 27.1 Å². The molecule has 0 unspecified atom stereocenters. The second kappa shape index (κ2) is 8.53. The zero-order chi connectivity index (χ0) is 19.3. The monoisotopic (exact) mass is 367 g/mol. The first-order valence-electron chi connectivity index (χ1n) is 9.04. The van der Waals surface area contributed by atoms with Crippen molar-refractivity contribution in [1.29, 1.82) is 0 Å². The van der Waals surface area contributed by atoms with Crippen LogP contribution in [0.2, 0.25) is 0 Å². The molecule has 8 nitrogen and oxygen atoms in total. The number of carboxylic acid groups (broad SMARTS) is 1. The highest BCUT2D eigenvalue weighted by atomic mass is 16.6. The molecule has 0 aromatic carbocycles. The molecular weight excluding hydrogens is 338 g/mol. The van der Waals surface area contributed by atoms with Crippen LogP contribution in [0.25, 0.3) is 0 Å². The summed E-state index contributed by atoms with van der Waals surface area (Å²) >= 11 is 0. The Kier molecular flexibility index (Phi) is 6.63. The van der Waals surface area contributed by atoms with Crippen molar-refractivity contribution < 1.29 is 24.2 Å². The van der Waals surface area contributed by atoms with Gasteiger partial charge in [0.25, 0.3) is 0 Å². The number of amides is 1. The Morgan fingerprint density at radius 1 is 1.42 bits per heavy atom. The minimum Gasteiger partial charge on any atom is -0.465 e. The Balaban J connectivity index is 2.05. The molecule has 1 aliphatic rings. The minimum atomic E-state index is -0.969. The number of aromatic nitrogens is 2. The molecule has 2 heterocycles. The van der Waals surface area contributed by atoms with Crippen molar-refractivity contribution in [3.63, 3.8) is 0 Å². The van der Waals surface area contributed by atoms with Gasteiger partial charge in [0.2, 0.25) is 0 Å². The highest BCUT2D eigenvalue weighted by molar-refractivity contribution is 5.75. The van der Waals surface area contributed by atoms with E-state index in [0.29, 0.717) is 19.4 Å². The summed E-state index contributed by atoms with van der Waals surface area (Å²) in [4.78, 5) is 29.3. The first-order valence-corrected chi connectivity index (χ1v) is 9.04. The molecule has 1 aromatic heterocycles. The standard InChI is InChI=1S/C18H29N3O5/c1-5-7-20-10-13(19-12-20)9-15(16(22)26-18(2,3)4)25-14-6-8-21(11-14)17(23)24/h10,12,14-15H,5-9,11H2,1-4H3,(H,23,24)/t14-,15-/m0/s1. The SMILES string of the molecule is CCCn1cnc(C[C@H](O[C@H]2CCN(C(=O)O)C2)C(=O)OC(C)(C)C)c1. The summed E-state index contributed by atoms with van der Waals surface area (Å²) in [7, 11) is 0. The smallest absolute Gasteiger partial charge is 0.407 e. The van der Waals surface area contributed by atoms with E-state index in [-0.39, 0.29) is 12.6 Å². The third kappa shape index (κ3) is 6.01. The average molecular weight is 367 g/mol. The van der Waals surface area contributed by atoms with E-state index >= 15 is 0 Å². The van der Waals surface area contributed by atoms with E-state index in [1.165, 1.54) is 4.90 Å². The van der Waals surface area contributed by atoms with Crippen LogP contribution in [0.4, 0.5) is 4.79 Å². The molecule has 1 aromatic rings. The summed E-state index contributed by atoms with van der Waals surface area (Å²) < 4.78 is 13.4. The van der Waals surface area contributed by atoms with E-state index in [0.717, 1.165) is 18.7 Å². The number of esters is 1. The predicted octanol–water partition coefficient (Wildman–Crippen LogP) is 2.31. The molecule has 26 heavy (non-hydrogen) atoms. The maximum Gasteiger partial charge on any atom is 0.407 e. The summed E-state index contributed by atoms with van der Waals surface area (Å²) in [6.45, 7) is 9.03. The molecule has 1 fully saturated rings. The van der Waals surface area contributed by atoms with Gasteiger partial charge in [0.05, 0.1) is 24.7 Å². The summed E-state index contributed by atoms with van der Waals surface area (Å²) in [6.07, 6.45) is 3.41. The molecule has 0 spiro atoms. The molecule has 8 heteroatoms. The molecule has 0 saturated carbocycles. The van der Waals surface area contributed by atoms with Gasteiger partial charge in [0.15, 0.2) is 6.10 Å². The lowest BCUT2D eigenvalue weighted by Gasteiger charge is -2.25. The Labute approximate surface area is 154 Å². The fourth-order valence-electron chi connectivity index (χ4n) is 2.88. The Morgan fingerprint density at radius 2 is 2.15 bits per heavy atom. The van der Waals surface area contributed by atoms with Crippen LogP contribution in [-0.4, -0.2) is 62.5 Å². The molecule has 0 bridgehead atoms. The third-order valence-electron chi connectivity index (χ3n) is 4.00. The fourth-order valence-corrected chi connectivity index (χ4v) is 2.88. The van der Waals surface area contributed by atoms with Gasteiger partial charge in [0, 0.05) is 25.7 Å². The maximum atomic E-state index is 12.6. The zero-order valence-electron chi connectivity index (χ0n) is 16.0. The Hall–Kier alpha value is -2.09. The van der Waals surface area contributed by atoms with Crippen LogP contribution >= 0.6 is 0 Å². The number of nitrogens with zero attached hydrogens (tertiary/aromatic N) is 3. The number of rotatable bonds is 7. The molecule has 2 rings (SSSR count). The molecule has 146 valence electrons. The Bertz CT molecular complexity index is 623. The van der Waals surface area contributed by atoms with Crippen LogP contribution in [0.5, 0.6) is 0 Å². The molecule has 1 aliphatic heterocycles. The van der Waals surface area contributed by atoms with Crippen molar-refractivity contribution in [3.05, 3.63) is 18.2 Å². The number of likely N-dealkylation sites (tertiary alicyclic amines) is 1.